The van der Waals surface area contributed by atoms with E-state index in [9.17, 15) is 9.59 Å². The highest BCUT2D eigenvalue weighted by atomic mass is 16.2. The Labute approximate surface area is 144 Å². The minimum Gasteiger partial charge on any atom is -0.335 e. The number of hydrogen-bond donors (Lipinski definition) is 1. The van der Waals surface area contributed by atoms with E-state index in [0.29, 0.717) is 23.2 Å². The van der Waals surface area contributed by atoms with Gasteiger partial charge < -0.3 is 10.2 Å². The van der Waals surface area contributed by atoms with Crippen LogP contribution in [0.1, 0.15) is 62.7 Å². The Hall–Kier alpha value is -1.84. The Bertz CT molecular complexity index is 609. The normalized spacial score (nSPS) is 23.7. The van der Waals surface area contributed by atoms with Crippen molar-refractivity contribution in [1.82, 2.24) is 4.90 Å². The molecule has 0 unspecified atom stereocenters. The van der Waals surface area contributed by atoms with Gasteiger partial charge in [-0.05, 0) is 49.8 Å². The predicted molar refractivity (Wildman–Crippen MR) is 95.9 cm³/mol. The third-order valence-electron chi connectivity index (χ3n) is 5.41. The number of fused-ring (bicyclic) bond motifs is 1. The molecule has 4 heteroatoms. The third kappa shape index (κ3) is 3.63. The van der Waals surface area contributed by atoms with Crippen LogP contribution in [0.25, 0.3) is 0 Å². The zero-order valence-electron chi connectivity index (χ0n) is 14.8. The summed E-state index contributed by atoms with van der Waals surface area (Å²) in [5.74, 6) is 0.701. The van der Waals surface area contributed by atoms with Gasteiger partial charge in [0, 0.05) is 29.8 Å². The van der Waals surface area contributed by atoms with Gasteiger partial charge in [-0.1, -0.05) is 32.8 Å². The molecule has 0 aromatic heterocycles. The number of carbonyl (C=O) groups excluding carboxylic acids is 2. The number of nitrogens with zero attached hydrogens (tertiary/aromatic N) is 1. The Morgan fingerprint density at radius 1 is 1.12 bits per heavy atom. The molecule has 1 saturated carbocycles. The number of benzene rings is 1. The lowest BCUT2D eigenvalue weighted by atomic mass is 9.78. The fourth-order valence-electron chi connectivity index (χ4n) is 4.06. The van der Waals surface area contributed by atoms with Crippen LogP contribution >= 0.6 is 0 Å². The van der Waals surface area contributed by atoms with Crippen molar-refractivity contribution in [2.24, 2.45) is 11.8 Å². The van der Waals surface area contributed by atoms with Crippen LogP contribution in [0, 0.1) is 11.8 Å². The molecule has 1 aromatic rings. The van der Waals surface area contributed by atoms with Gasteiger partial charge in [0.1, 0.15) is 0 Å². The minimum absolute atomic E-state index is 0.0232. The SMILES string of the molecule is CC(C)C(=O)Nc1cccc(C(=O)N2CCC[C@@H]3CCCC[C@@H]32)c1. The molecular formula is C20H28N2O2. The fourth-order valence-corrected chi connectivity index (χ4v) is 4.06. The van der Waals surface area contributed by atoms with Crippen LogP contribution in [0.4, 0.5) is 5.69 Å². The number of carbonyl (C=O) groups is 2. The van der Waals surface area contributed by atoms with Crippen LogP contribution in [-0.2, 0) is 4.79 Å². The Morgan fingerprint density at radius 2 is 1.88 bits per heavy atom. The molecule has 24 heavy (non-hydrogen) atoms. The predicted octanol–water partition coefficient (Wildman–Crippen LogP) is 4.08. The molecule has 0 spiro atoms. The summed E-state index contributed by atoms with van der Waals surface area (Å²) in [6, 6.07) is 7.78. The molecule has 3 rings (SSSR count). The average Bonchev–Trinajstić information content (AvgIpc) is 2.60. The first kappa shape index (κ1) is 17.0. The molecule has 1 aromatic carbocycles. The number of anilines is 1. The van der Waals surface area contributed by atoms with Gasteiger partial charge in [-0.25, -0.2) is 0 Å². The van der Waals surface area contributed by atoms with Gasteiger partial charge in [-0.15, -0.1) is 0 Å². The first-order valence-corrected chi connectivity index (χ1v) is 9.28. The van der Waals surface area contributed by atoms with Crippen molar-refractivity contribution in [3.05, 3.63) is 29.8 Å². The lowest BCUT2D eigenvalue weighted by Gasteiger charge is -2.44. The number of piperidine rings is 1. The van der Waals surface area contributed by atoms with Crippen molar-refractivity contribution in [3.63, 3.8) is 0 Å². The zero-order chi connectivity index (χ0) is 17.1. The maximum atomic E-state index is 13.0. The molecule has 1 N–H and O–H groups in total. The molecule has 2 aliphatic rings. The molecule has 0 radical (unpaired) electrons. The van der Waals surface area contributed by atoms with Crippen LogP contribution < -0.4 is 5.32 Å². The highest BCUT2D eigenvalue weighted by Crippen LogP contribution is 2.36. The topological polar surface area (TPSA) is 49.4 Å². The summed E-state index contributed by atoms with van der Waals surface area (Å²) >= 11 is 0. The number of rotatable bonds is 3. The lowest BCUT2D eigenvalue weighted by Crippen LogP contribution is -2.49. The highest BCUT2D eigenvalue weighted by Gasteiger charge is 2.35. The van der Waals surface area contributed by atoms with E-state index in [0.717, 1.165) is 19.4 Å². The van der Waals surface area contributed by atoms with Crippen LogP contribution in [0.15, 0.2) is 24.3 Å². The van der Waals surface area contributed by atoms with Gasteiger partial charge in [0.25, 0.3) is 5.91 Å². The fraction of sp³-hybridized carbons (Fsp3) is 0.600. The molecule has 0 bridgehead atoms. The van der Waals surface area contributed by atoms with Gasteiger partial charge in [0.2, 0.25) is 5.91 Å². The van der Waals surface area contributed by atoms with Crippen molar-refractivity contribution in [1.29, 1.82) is 0 Å². The van der Waals surface area contributed by atoms with Gasteiger partial charge in [0.15, 0.2) is 0 Å². The quantitative estimate of drug-likeness (QED) is 0.909. The van der Waals surface area contributed by atoms with Crippen LogP contribution in [-0.4, -0.2) is 29.3 Å². The van der Waals surface area contributed by atoms with Crippen LogP contribution in [0.5, 0.6) is 0 Å². The molecule has 130 valence electrons. The Kier molecular flexibility index (Phi) is 5.22. The van der Waals surface area contributed by atoms with E-state index in [-0.39, 0.29) is 17.7 Å². The molecule has 2 fully saturated rings. The van der Waals surface area contributed by atoms with E-state index >= 15 is 0 Å². The van der Waals surface area contributed by atoms with Gasteiger partial charge >= 0.3 is 0 Å². The minimum atomic E-state index is -0.0746. The second kappa shape index (κ2) is 7.37. The van der Waals surface area contributed by atoms with Gasteiger partial charge in [-0.3, -0.25) is 9.59 Å². The summed E-state index contributed by atoms with van der Waals surface area (Å²) in [4.78, 5) is 27.0. The first-order chi connectivity index (χ1) is 11.6. The Balaban J connectivity index is 1.75. The van der Waals surface area contributed by atoms with Gasteiger partial charge in [-0.2, -0.15) is 0 Å². The van der Waals surface area contributed by atoms with Crippen molar-refractivity contribution in [2.75, 3.05) is 11.9 Å². The van der Waals surface area contributed by atoms with Crippen molar-refractivity contribution in [2.45, 2.75) is 58.4 Å². The molecule has 1 aliphatic heterocycles. The molecule has 1 heterocycles. The monoisotopic (exact) mass is 328 g/mol. The molecular weight excluding hydrogens is 300 g/mol. The molecule has 2 atom stereocenters. The molecule has 2 amide bonds. The number of amides is 2. The Morgan fingerprint density at radius 3 is 2.67 bits per heavy atom. The van der Waals surface area contributed by atoms with E-state index < -0.39 is 0 Å². The second-order valence-corrected chi connectivity index (χ2v) is 7.48. The summed E-state index contributed by atoms with van der Waals surface area (Å²) in [7, 11) is 0. The van der Waals surface area contributed by atoms with Crippen molar-refractivity contribution >= 4 is 17.5 Å². The van der Waals surface area contributed by atoms with Gasteiger partial charge in [0.05, 0.1) is 0 Å². The van der Waals surface area contributed by atoms with Crippen LogP contribution in [0.2, 0.25) is 0 Å². The van der Waals surface area contributed by atoms with E-state index in [2.05, 4.69) is 10.2 Å². The summed E-state index contributed by atoms with van der Waals surface area (Å²) < 4.78 is 0. The molecule has 4 nitrogen and oxygen atoms in total. The lowest BCUT2D eigenvalue weighted by molar-refractivity contribution is -0.118. The zero-order valence-corrected chi connectivity index (χ0v) is 14.8. The molecule has 1 aliphatic carbocycles. The number of hydrogen-bond acceptors (Lipinski definition) is 2. The van der Waals surface area contributed by atoms with E-state index in [1.165, 1.54) is 25.7 Å². The highest BCUT2D eigenvalue weighted by molar-refractivity contribution is 5.97. The summed E-state index contributed by atoms with van der Waals surface area (Å²) in [6.07, 6.45) is 7.31. The largest absolute Gasteiger partial charge is 0.335 e. The maximum absolute atomic E-state index is 13.0. The third-order valence-corrected chi connectivity index (χ3v) is 5.41. The van der Waals surface area contributed by atoms with E-state index in [1.54, 1.807) is 0 Å². The standard InChI is InChI=1S/C20H28N2O2/c1-14(2)19(23)21-17-10-5-8-16(13-17)20(24)22-12-6-9-15-7-3-4-11-18(15)22/h5,8,10,13-15,18H,3-4,6-7,9,11-12H2,1-2H3,(H,21,23)/t15-,18-/m0/s1. The molecule has 1 saturated heterocycles. The smallest absolute Gasteiger partial charge is 0.254 e. The van der Waals surface area contributed by atoms with Crippen molar-refractivity contribution < 1.29 is 9.59 Å². The number of likely N-dealkylation sites (tertiary alicyclic amines) is 1. The average molecular weight is 328 g/mol. The summed E-state index contributed by atoms with van der Waals surface area (Å²) in [5.41, 5.74) is 1.39. The number of nitrogens with one attached hydrogen (secondary N) is 1. The summed E-state index contributed by atoms with van der Waals surface area (Å²) in [6.45, 7) is 4.59. The van der Waals surface area contributed by atoms with Crippen molar-refractivity contribution in [3.8, 4) is 0 Å². The van der Waals surface area contributed by atoms with E-state index in [4.69, 9.17) is 0 Å². The first-order valence-electron chi connectivity index (χ1n) is 9.28. The van der Waals surface area contributed by atoms with Crippen LogP contribution in [0.3, 0.4) is 0 Å². The summed E-state index contributed by atoms with van der Waals surface area (Å²) in [5, 5.41) is 2.89. The second-order valence-electron chi connectivity index (χ2n) is 7.48. The maximum Gasteiger partial charge on any atom is 0.254 e. The van der Waals surface area contributed by atoms with E-state index in [1.807, 2.05) is 38.1 Å².